The van der Waals surface area contributed by atoms with Crippen molar-refractivity contribution in [1.82, 2.24) is 9.88 Å². The molecule has 19 heavy (non-hydrogen) atoms. The second-order valence-corrected chi connectivity index (χ2v) is 5.48. The molecule has 1 aromatic carbocycles. The van der Waals surface area contributed by atoms with Crippen molar-refractivity contribution in [2.45, 2.75) is 45.8 Å². The third kappa shape index (κ3) is 2.28. The molecule has 3 nitrogen and oxygen atoms in total. The van der Waals surface area contributed by atoms with Gasteiger partial charge in [0.15, 0.2) is 0 Å². The van der Waals surface area contributed by atoms with Crippen molar-refractivity contribution >= 4 is 10.9 Å². The van der Waals surface area contributed by atoms with Crippen molar-refractivity contribution < 1.29 is 0 Å². The summed E-state index contributed by atoms with van der Waals surface area (Å²) in [6, 6.07) is 4.77. The number of aromatic nitrogens is 1. The molecule has 2 aromatic rings. The number of nitrogens with one attached hydrogen (secondary N) is 1. The number of hydrogen-bond donors (Lipinski definition) is 2. The van der Waals surface area contributed by atoms with Crippen LogP contribution >= 0.6 is 0 Å². The number of nitrogens with zero attached hydrogens (tertiary/aromatic N) is 1. The van der Waals surface area contributed by atoms with E-state index in [1.165, 1.54) is 34.0 Å². The molecule has 0 radical (unpaired) electrons. The molecular weight excluding hydrogens is 234 g/mol. The van der Waals surface area contributed by atoms with Crippen molar-refractivity contribution in [2.75, 3.05) is 6.54 Å². The predicted octanol–water partition coefficient (Wildman–Crippen LogP) is 2.55. The van der Waals surface area contributed by atoms with Crippen LogP contribution in [-0.2, 0) is 26.1 Å². The Morgan fingerprint density at radius 1 is 1.26 bits per heavy atom. The summed E-state index contributed by atoms with van der Waals surface area (Å²) in [6.45, 7) is 6.14. The molecule has 0 atom stereocenters. The molecule has 3 heteroatoms. The lowest BCUT2D eigenvalue weighted by molar-refractivity contribution is 0.698. The molecule has 0 aliphatic carbocycles. The first-order valence-corrected chi connectivity index (χ1v) is 7.37. The highest BCUT2D eigenvalue weighted by Crippen LogP contribution is 2.28. The molecule has 2 heterocycles. The van der Waals surface area contributed by atoms with Gasteiger partial charge in [0.05, 0.1) is 0 Å². The van der Waals surface area contributed by atoms with E-state index in [-0.39, 0.29) is 0 Å². The highest BCUT2D eigenvalue weighted by molar-refractivity contribution is 5.86. The summed E-state index contributed by atoms with van der Waals surface area (Å²) in [5.41, 5.74) is 11.5. The molecule has 3 rings (SSSR count). The Labute approximate surface area is 114 Å². The van der Waals surface area contributed by atoms with Gasteiger partial charge in [-0.25, -0.2) is 0 Å². The van der Waals surface area contributed by atoms with E-state index in [1.807, 2.05) is 0 Å². The Bertz CT molecular complexity index is 583. The van der Waals surface area contributed by atoms with Crippen LogP contribution in [0.15, 0.2) is 18.3 Å². The largest absolute Gasteiger partial charge is 0.347 e. The topological polar surface area (TPSA) is 43.0 Å². The molecule has 0 bridgehead atoms. The fourth-order valence-electron chi connectivity index (χ4n) is 3.08. The maximum atomic E-state index is 5.66. The minimum absolute atomic E-state index is 0.771. The average molecular weight is 257 g/mol. The van der Waals surface area contributed by atoms with Gasteiger partial charge >= 0.3 is 0 Å². The van der Waals surface area contributed by atoms with Gasteiger partial charge in [0.25, 0.3) is 0 Å². The average Bonchev–Trinajstić information content (AvgIpc) is 2.99. The van der Waals surface area contributed by atoms with Crippen LogP contribution in [-0.4, -0.2) is 11.1 Å². The predicted molar refractivity (Wildman–Crippen MR) is 80.1 cm³/mol. The first-order chi connectivity index (χ1) is 9.33. The smallest absolute Gasteiger partial charge is 0.0486 e. The van der Waals surface area contributed by atoms with Crippen molar-refractivity contribution in [3.8, 4) is 0 Å². The Kier molecular flexibility index (Phi) is 3.58. The van der Waals surface area contributed by atoms with Gasteiger partial charge in [-0.15, -0.1) is 0 Å². The Morgan fingerprint density at radius 3 is 2.79 bits per heavy atom. The molecule has 3 N–H and O–H groups in total. The first kappa shape index (κ1) is 12.7. The summed E-state index contributed by atoms with van der Waals surface area (Å²) in [6.07, 6.45) is 5.68. The third-order valence-electron chi connectivity index (χ3n) is 4.03. The van der Waals surface area contributed by atoms with Crippen LogP contribution in [0.1, 0.15) is 36.5 Å². The Morgan fingerprint density at radius 2 is 2.05 bits per heavy atom. The van der Waals surface area contributed by atoms with E-state index in [0.29, 0.717) is 0 Å². The Hall–Kier alpha value is -1.32. The van der Waals surface area contributed by atoms with Gasteiger partial charge < -0.3 is 15.6 Å². The molecule has 0 saturated heterocycles. The summed E-state index contributed by atoms with van der Waals surface area (Å²) in [5, 5.41) is 4.87. The highest BCUT2D eigenvalue weighted by Gasteiger charge is 2.15. The van der Waals surface area contributed by atoms with E-state index >= 15 is 0 Å². The van der Waals surface area contributed by atoms with Crippen molar-refractivity contribution in [2.24, 2.45) is 5.73 Å². The SMILES string of the molecule is CCCn1cc(CCCN)c2cc3c(cc21)CNC3. The number of hydrogen-bond acceptors (Lipinski definition) is 2. The van der Waals surface area contributed by atoms with Gasteiger partial charge in [0.1, 0.15) is 0 Å². The fraction of sp³-hybridized carbons (Fsp3) is 0.500. The second-order valence-electron chi connectivity index (χ2n) is 5.48. The first-order valence-electron chi connectivity index (χ1n) is 7.37. The van der Waals surface area contributed by atoms with Crippen LogP contribution in [0, 0.1) is 0 Å². The van der Waals surface area contributed by atoms with Crippen LogP contribution in [0.2, 0.25) is 0 Å². The highest BCUT2D eigenvalue weighted by atomic mass is 15.0. The van der Waals surface area contributed by atoms with E-state index in [4.69, 9.17) is 5.73 Å². The van der Waals surface area contributed by atoms with Gasteiger partial charge in [-0.2, -0.15) is 0 Å². The second kappa shape index (κ2) is 5.35. The maximum absolute atomic E-state index is 5.66. The number of aryl methyl sites for hydroxylation is 2. The van der Waals surface area contributed by atoms with Crippen molar-refractivity contribution in [3.63, 3.8) is 0 Å². The van der Waals surface area contributed by atoms with E-state index in [9.17, 15) is 0 Å². The minimum atomic E-state index is 0.771. The summed E-state index contributed by atoms with van der Waals surface area (Å²) < 4.78 is 2.42. The van der Waals surface area contributed by atoms with E-state index in [1.54, 1.807) is 0 Å². The zero-order valence-electron chi connectivity index (χ0n) is 11.7. The van der Waals surface area contributed by atoms with Gasteiger partial charge in [-0.1, -0.05) is 6.92 Å². The van der Waals surface area contributed by atoms with E-state index in [2.05, 4.69) is 35.1 Å². The van der Waals surface area contributed by atoms with Gasteiger partial charge in [-0.05, 0) is 54.6 Å². The van der Waals surface area contributed by atoms with Crippen LogP contribution in [0.3, 0.4) is 0 Å². The number of fused-ring (bicyclic) bond motifs is 2. The summed E-state index contributed by atoms with van der Waals surface area (Å²) in [7, 11) is 0. The quantitative estimate of drug-likeness (QED) is 0.864. The van der Waals surface area contributed by atoms with Gasteiger partial charge in [-0.3, -0.25) is 0 Å². The van der Waals surface area contributed by atoms with Crippen LogP contribution < -0.4 is 11.1 Å². The molecule has 0 saturated carbocycles. The zero-order chi connectivity index (χ0) is 13.2. The number of benzene rings is 1. The molecule has 102 valence electrons. The van der Waals surface area contributed by atoms with Crippen molar-refractivity contribution in [1.29, 1.82) is 0 Å². The maximum Gasteiger partial charge on any atom is 0.0486 e. The van der Waals surface area contributed by atoms with Gasteiger partial charge in [0.2, 0.25) is 0 Å². The molecular formula is C16H23N3. The monoisotopic (exact) mass is 257 g/mol. The van der Waals surface area contributed by atoms with Gasteiger partial charge in [0, 0.05) is 36.7 Å². The minimum Gasteiger partial charge on any atom is -0.347 e. The molecule has 1 aliphatic heterocycles. The van der Waals surface area contributed by atoms with Crippen LogP contribution in [0.25, 0.3) is 10.9 Å². The lowest BCUT2D eigenvalue weighted by atomic mass is 10.0. The molecule has 0 fully saturated rings. The van der Waals surface area contributed by atoms with Crippen molar-refractivity contribution in [3.05, 3.63) is 35.0 Å². The standard InChI is InChI=1S/C16H23N3/c1-2-6-19-11-12(4-3-5-17)15-7-13-9-18-10-14(13)8-16(15)19/h7-8,11,18H,2-6,9-10,17H2,1H3. The molecule has 0 unspecified atom stereocenters. The summed E-state index contributed by atoms with van der Waals surface area (Å²) in [5.74, 6) is 0. The molecule has 0 amide bonds. The fourth-order valence-corrected chi connectivity index (χ4v) is 3.08. The van der Waals surface area contributed by atoms with E-state index < -0.39 is 0 Å². The Balaban J connectivity index is 2.09. The zero-order valence-corrected chi connectivity index (χ0v) is 11.7. The lowest BCUT2D eigenvalue weighted by Crippen LogP contribution is -2.00. The van der Waals surface area contributed by atoms with E-state index in [0.717, 1.165) is 39.0 Å². The summed E-state index contributed by atoms with van der Waals surface area (Å²) in [4.78, 5) is 0. The molecule has 0 spiro atoms. The lowest BCUT2D eigenvalue weighted by Gasteiger charge is -2.05. The number of rotatable bonds is 5. The molecule has 1 aliphatic rings. The normalized spacial score (nSPS) is 14.2. The number of nitrogens with two attached hydrogens (primary N) is 1. The third-order valence-corrected chi connectivity index (χ3v) is 4.03. The van der Waals surface area contributed by atoms with Crippen LogP contribution in [0.4, 0.5) is 0 Å². The van der Waals surface area contributed by atoms with Crippen LogP contribution in [0.5, 0.6) is 0 Å². The summed E-state index contributed by atoms with van der Waals surface area (Å²) >= 11 is 0. The molecule has 1 aromatic heterocycles.